The van der Waals surface area contributed by atoms with Gasteiger partial charge in [-0.1, -0.05) is 44.5 Å². The number of rotatable bonds is 8. The molecule has 3 unspecified atom stereocenters. The number of fused-ring (bicyclic) bond motifs is 1. The third kappa shape index (κ3) is 6.38. The normalized spacial score (nSPS) is 19.3. The Morgan fingerprint density at radius 2 is 2.03 bits per heavy atom. The number of nitriles is 1. The topological polar surface area (TPSA) is 115 Å². The van der Waals surface area contributed by atoms with Gasteiger partial charge in [0.05, 0.1) is 22.3 Å². The molecule has 1 aliphatic rings. The van der Waals surface area contributed by atoms with E-state index < -0.39 is 12.0 Å². The van der Waals surface area contributed by atoms with Crippen molar-refractivity contribution in [2.75, 3.05) is 0 Å². The van der Waals surface area contributed by atoms with Crippen LogP contribution in [0.4, 0.5) is 0 Å². The summed E-state index contributed by atoms with van der Waals surface area (Å²) in [4.78, 5) is 41.7. The Labute approximate surface area is 205 Å². The van der Waals surface area contributed by atoms with Crippen LogP contribution in [0, 0.1) is 28.6 Å². The number of carbonyl (C=O) groups excluding carboxylic acids is 3. The molecule has 3 atom stereocenters. The molecule has 182 valence electrons. The smallest absolute Gasteiger partial charge is 0.224 e. The lowest BCUT2D eigenvalue weighted by Gasteiger charge is -2.26. The minimum Gasteiger partial charge on any atom is -0.351 e. The molecular weight excluding hydrogens is 452 g/mol. The summed E-state index contributed by atoms with van der Waals surface area (Å²) in [5, 5.41) is 16.7. The number of nitrogens with zero attached hydrogens (tertiary/aromatic N) is 1. The number of hydrogen-bond acceptors (Lipinski definition) is 4. The molecule has 0 saturated carbocycles. The van der Waals surface area contributed by atoms with Crippen LogP contribution in [0.5, 0.6) is 0 Å². The molecule has 8 heteroatoms. The van der Waals surface area contributed by atoms with Gasteiger partial charge in [0.2, 0.25) is 11.8 Å². The summed E-state index contributed by atoms with van der Waals surface area (Å²) in [5.74, 6) is -1.58. The molecule has 2 aromatic rings. The first-order chi connectivity index (χ1) is 15.8. The van der Waals surface area contributed by atoms with Crippen LogP contribution in [0.2, 0.25) is 5.02 Å². The molecule has 2 heterocycles. The second-order valence-corrected chi connectivity index (χ2v) is 11.6. The number of H-pyrrole nitrogens is 1. The van der Waals surface area contributed by atoms with Crippen molar-refractivity contribution >= 4 is 40.1 Å². The maximum Gasteiger partial charge on any atom is 0.224 e. The number of amides is 2. The SMILES string of the molecule is CC(C)(C)CC(CC(=O)c1cc2cccc(Cl)c2[nH]1)C(=O)NC(C#N)CC1CC(C)(C)NC1=O. The van der Waals surface area contributed by atoms with Gasteiger partial charge >= 0.3 is 0 Å². The average molecular weight is 485 g/mol. The third-order valence-corrected chi connectivity index (χ3v) is 6.46. The lowest BCUT2D eigenvalue weighted by Crippen LogP contribution is -2.41. The van der Waals surface area contributed by atoms with Gasteiger partial charge in [-0.25, -0.2) is 0 Å². The van der Waals surface area contributed by atoms with Crippen LogP contribution in [0.3, 0.4) is 0 Å². The quantitative estimate of drug-likeness (QED) is 0.468. The first-order valence-electron chi connectivity index (χ1n) is 11.6. The first kappa shape index (κ1) is 25.8. The summed E-state index contributed by atoms with van der Waals surface area (Å²) in [6.45, 7) is 9.90. The number of aromatic nitrogens is 1. The molecule has 1 aliphatic heterocycles. The highest BCUT2D eigenvalue weighted by atomic mass is 35.5. The van der Waals surface area contributed by atoms with Crippen LogP contribution in [0.1, 0.15) is 70.8 Å². The highest BCUT2D eigenvalue weighted by molar-refractivity contribution is 6.35. The van der Waals surface area contributed by atoms with Crippen LogP contribution in [0.25, 0.3) is 10.9 Å². The number of carbonyl (C=O) groups is 3. The number of benzene rings is 1. The van der Waals surface area contributed by atoms with E-state index >= 15 is 0 Å². The van der Waals surface area contributed by atoms with Gasteiger partial charge in [-0.15, -0.1) is 0 Å². The standard InChI is InChI=1S/C26H33ClN4O3/c1-25(2,3)12-17(11-21(32)20-10-15-7-6-8-19(27)22(15)30-20)23(33)29-18(14-28)9-16-13-26(4,5)31-24(16)34/h6-8,10,16-18,30H,9,11-13H2,1-5H3,(H,29,33)(H,31,34). The van der Waals surface area contributed by atoms with E-state index in [2.05, 4.69) is 21.7 Å². The molecule has 0 bridgehead atoms. The van der Waals surface area contributed by atoms with Gasteiger partial charge in [-0.3, -0.25) is 14.4 Å². The monoisotopic (exact) mass is 484 g/mol. The van der Waals surface area contributed by atoms with Gasteiger partial charge in [0.1, 0.15) is 6.04 Å². The van der Waals surface area contributed by atoms with Crippen LogP contribution in [0.15, 0.2) is 24.3 Å². The highest BCUT2D eigenvalue weighted by Crippen LogP contribution is 2.30. The van der Waals surface area contributed by atoms with Crippen molar-refractivity contribution in [1.29, 1.82) is 5.26 Å². The summed E-state index contributed by atoms with van der Waals surface area (Å²) < 4.78 is 0. The Balaban J connectivity index is 1.73. The number of aromatic amines is 1. The van der Waals surface area contributed by atoms with E-state index in [0.717, 1.165) is 5.39 Å². The van der Waals surface area contributed by atoms with E-state index in [0.29, 0.717) is 29.1 Å². The molecule has 0 spiro atoms. The molecule has 1 fully saturated rings. The largest absolute Gasteiger partial charge is 0.351 e. The minimum absolute atomic E-state index is 0.00262. The number of ketones is 1. The summed E-state index contributed by atoms with van der Waals surface area (Å²) in [7, 11) is 0. The van der Waals surface area contributed by atoms with E-state index in [9.17, 15) is 19.6 Å². The average Bonchev–Trinajstić information content (AvgIpc) is 3.26. The molecule has 34 heavy (non-hydrogen) atoms. The number of para-hydroxylation sites is 1. The lowest BCUT2D eigenvalue weighted by atomic mass is 9.81. The van der Waals surface area contributed by atoms with Crippen LogP contribution in [-0.2, 0) is 9.59 Å². The fourth-order valence-corrected chi connectivity index (χ4v) is 4.93. The zero-order valence-corrected chi connectivity index (χ0v) is 21.2. The molecule has 1 aromatic carbocycles. The first-order valence-corrected chi connectivity index (χ1v) is 12.0. The molecule has 2 amide bonds. The second kappa shape index (κ2) is 9.79. The maximum atomic E-state index is 13.2. The second-order valence-electron chi connectivity index (χ2n) is 11.2. The molecule has 3 N–H and O–H groups in total. The predicted molar refractivity (Wildman–Crippen MR) is 132 cm³/mol. The van der Waals surface area contributed by atoms with Crippen molar-refractivity contribution in [3.63, 3.8) is 0 Å². The maximum absolute atomic E-state index is 13.2. The fourth-order valence-electron chi connectivity index (χ4n) is 4.70. The molecule has 0 aliphatic carbocycles. The van der Waals surface area contributed by atoms with Crippen molar-refractivity contribution in [2.45, 2.75) is 71.9 Å². The zero-order valence-electron chi connectivity index (χ0n) is 20.4. The Bertz CT molecular complexity index is 1140. The van der Waals surface area contributed by atoms with Crippen LogP contribution >= 0.6 is 11.6 Å². The number of Topliss-reactive ketones (excluding diaryl/α,β-unsaturated/α-hetero) is 1. The summed E-state index contributed by atoms with van der Waals surface area (Å²) in [5.41, 5.74) is 0.557. The molecular formula is C26H33ClN4O3. The Hall–Kier alpha value is -2.85. The zero-order chi connectivity index (χ0) is 25.3. The Morgan fingerprint density at radius 3 is 2.59 bits per heavy atom. The minimum atomic E-state index is -0.804. The summed E-state index contributed by atoms with van der Waals surface area (Å²) in [6, 6.07) is 8.49. The highest BCUT2D eigenvalue weighted by Gasteiger charge is 2.39. The Morgan fingerprint density at radius 1 is 1.32 bits per heavy atom. The van der Waals surface area contributed by atoms with Crippen molar-refractivity contribution in [2.24, 2.45) is 17.3 Å². The van der Waals surface area contributed by atoms with E-state index in [-0.39, 0.29) is 47.3 Å². The molecule has 0 radical (unpaired) electrons. The number of nitrogens with one attached hydrogen (secondary N) is 3. The lowest BCUT2D eigenvalue weighted by molar-refractivity contribution is -0.127. The van der Waals surface area contributed by atoms with Gasteiger partial charge in [0.25, 0.3) is 0 Å². The van der Waals surface area contributed by atoms with E-state index in [1.54, 1.807) is 12.1 Å². The third-order valence-electron chi connectivity index (χ3n) is 6.15. The predicted octanol–water partition coefficient (Wildman–Crippen LogP) is 4.76. The van der Waals surface area contributed by atoms with Gasteiger partial charge in [-0.05, 0) is 50.7 Å². The van der Waals surface area contributed by atoms with Crippen molar-refractivity contribution in [1.82, 2.24) is 15.6 Å². The summed E-state index contributed by atoms with van der Waals surface area (Å²) >= 11 is 6.22. The van der Waals surface area contributed by atoms with E-state index in [1.807, 2.05) is 46.8 Å². The van der Waals surface area contributed by atoms with Gasteiger partial charge in [0, 0.05) is 29.2 Å². The van der Waals surface area contributed by atoms with Gasteiger partial charge in [0.15, 0.2) is 5.78 Å². The fraction of sp³-hybridized carbons (Fsp3) is 0.538. The van der Waals surface area contributed by atoms with Gasteiger partial charge < -0.3 is 15.6 Å². The van der Waals surface area contributed by atoms with Crippen molar-refractivity contribution in [3.05, 3.63) is 35.0 Å². The Kier molecular flexibility index (Phi) is 7.42. The van der Waals surface area contributed by atoms with Crippen molar-refractivity contribution < 1.29 is 14.4 Å². The van der Waals surface area contributed by atoms with E-state index in [1.165, 1.54) is 0 Å². The molecule has 7 nitrogen and oxygen atoms in total. The van der Waals surface area contributed by atoms with Gasteiger partial charge in [-0.2, -0.15) is 5.26 Å². The molecule has 1 aromatic heterocycles. The van der Waals surface area contributed by atoms with E-state index in [4.69, 9.17) is 11.6 Å². The number of hydrogen-bond donors (Lipinski definition) is 3. The molecule has 3 rings (SSSR count). The summed E-state index contributed by atoms with van der Waals surface area (Å²) in [6.07, 6.45) is 1.32. The van der Waals surface area contributed by atoms with Crippen LogP contribution < -0.4 is 10.6 Å². The molecule has 1 saturated heterocycles. The van der Waals surface area contributed by atoms with Crippen molar-refractivity contribution in [3.8, 4) is 6.07 Å². The van der Waals surface area contributed by atoms with Crippen LogP contribution in [-0.4, -0.2) is 34.2 Å². The number of halogens is 1.